The summed E-state index contributed by atoms with van der Waals surface area (Å²) in [6.07, 6.45) is 3.52. The van der Waals surface area contributed by atoms with E-state index in [1.807, 2.05) is 0 Å². The van der Waals surface area contributed by atoms with Gasteiger partial charge in [-0.3, -0.25) is 4.79 Å². The van der Waals surface area contributed by atoms with E-state index in [1.165, 1.54) is 18.2 Å². The Balaban J connectivity index is 1.38. The standard InChI is InChI=1S/C24H24F3N3O/c25-16-5-3-14(4-6-16)22-21(18-10-17(26)11-19(27)23(18)30-22)15-8-13(9-15)12-29-24(31)20-2-1-7-28-20/h3-6,10-11,13,15,20,28,30H,1-2,7-9,12H2,(H,29,31)/t13-,15-,20-/m1/s1. The van der Waals surface area contributed by atoms with E-state index < -0.39 is 11.6 Å². The minimum absolute atomic E-state index is 0.0455. The number of benzene rings is 2. The van der Waals surface area contributed by atoms with E-state index in [9.17, 15) is 18.0 Å². The number of halogens is 3. The predicted octanol–water partition coefficient (Wildman–Crippen LogP) is 4.61. The number of H-pyrrole nitrogens is 1. The van der Waals surface area contributed by atoms with Gasteiger partial charge < -0.3 is 15.6 Å². The fourth-order valence-corrected chi connectivity index (χ4v) is 4.92. The molecule has 7 heteroatoms. The molecule has 1 aliphatic carbocycles. The molecule has 0 spiro atoms. The summed E-state index contributed by atoms with van der Waals surface area (Å²) in [6.45, 7) is 1.48. The Morgan fingerprint density at radius 2 is 1.84 bits per heavy atom. The van der Waals surface area contributed by atoms with Crippen molar-refractivity contribution >= 4 is 16.8 Å². The molecule has 0 unspecified atom stereocenters. The zero-order valence-corrected chi connectivity index (χ0v) is 17.0. The van der Waals surface area contributed by atoms with Crippen LogP contribution in [-0.2, 0) is 4.79 Å². The number of hydrogen-bond donors (Lipinski definition) is 3. The third-order valence-corrected chi connectivity index (χ3v) is 6.58. The zero-order chi connectivity index (χ0) is 21.5. The molecule has 162 valence electrons. The molecule has 5 rings (SSSR count). The van der Waals surface area contributed by atoms with Gasteiger partial charge in [0.15, 0.2) is 0 Å². The first-order valence-corrected chi connectivity index (χ1v) is 10.8. The molecule has 1 aromatic heterocycles. The first-order valence-electron chi connectivity index (χ1n) is 10.8. The van der Waals surface area contributed by atoms with Crippen LogP contribution in [0.15, 0.2) is 36.4 Å². The maximum absolute atomic E-state index is 14.5. The molecule has 1 amide bonds. The highest BCUT2D eigenvalue weighted by Crippen LogP contribution is 2.48. The lowest BCUT2D eigenvalue weighted by Crippen LogP contribution is -2.43. The summed E-state index contributed by atoms with van der Waals surface area (Å²) in [4.78, 5) is 15.3. The van der Waals surface area contributed by atoms with E-state index in [1.54, 1.807) is 12.1 Å². The lowest BCUT2D eigenvalue weighted by molar-refractivity contribution is -0.123. The summed E-state index contributed by atoms with van der Waals surface area (Å²) in [5, 5.41) is 6.75. The SMILES string of the molecule is O=C(NC[C@H]1C[C@H](c2c(-c3ccc(F)cc3)[nH]c3c(F)cc(F)cc32)C1)[C@H]1CCCN1. The van der Waals surface area contributed by atoms with Gasteiger partial charge in [0.1, 0.15) is 17.5 Å². The average molecular weight is 427 g/mol. The highest BCUT2D eigenvalue weighted by Gasteiger charge is 2.35. The average Bonchev–Trinajstić information content (AvgIpc) is 3.36. The van der Waals surface area contributed by atoms with Crippen LogP contribution in [0.1, 0.15) is 37.2 Å². The molecule has 3 N–H and O–H groups in total. The third-order valence-electron chi connectivity index (χ3n) is 6.58. The van der Waals surface area contributed by atoms with Crippen molar-refractivity contribution in [2.75, 3.05) is 13.1 Å². The number of fused-ring (bicyclic) bond motifs is 1. The Bertz CT molecular complexity index is 1110. The lowest BCUT2D eigenvalue weighted by atomic mass is 9.70. The van der Waals surface area contributed by atoms with Crippen LogP contribution in [0.25, 0.3) is 22.2 Å². The maximum atomic E-state index is 14.5. The second-order valence-corrected chi connectivity index (χ2v) is 8.66. The van der Waals surface area contributed by atoms with Gasteiger partial charge in [0.2, 0.25) is 5.91 Å². The lowest BCUT2D eigenvalue weighted by Gasteiger charge is -2.36. The minimum atomic E-state index is -0.642. The number of rotatable bonds is 5. The fraction of sp³-hybridized carbons (Fsp3) is 0.375. The van der Waals surface area contributed by atoms with Crippen molar-refractivity contribution in [2.45, 2.75) is 37.6 Å². The van der Waals surface area contributed by atoms with E-state index in [0.29, 0.717) is 23.5 Å². The van der Waals surface area contributed by atoms with E-state index in [4.69, 9.17) is 0 Å². The van der Waals surface area contributed by atoms with Crippen molar-refractivity contribution in [3.05, 3.63) is 59.4 Å². The fourth-order valence-electron chi connectivity index (χ4n) is 4.92. The van der Waals surface area contributed by atoms with Crippen LogP contribution in [-0.4, -0.2) is 30.0 Å². The van der Waals surface area contributed by atoms with Crippen LogP contribution in [0.2, 0.25) is 0 Å². The predicted molar refractivity (Wildman–Crippen MR) is 113 cm³/mol. The molecular formula is C24H24F3N3O. The van der Waals surface area contributed by atoms with Crippen molar-refractivity contribution in [1.82, 2.24) is 15.6 Å². The quantitative estimate of drug-likeness (QED) is 0.557. The van der Waals surface area contributed by atoms with Crippen LogP contribution < -0.4 is 10.6 Å². The largest absolute Gasteiger partial charge is 0.354 e. The number of aromatic amines is 1. The van der Waals surface area contributed by atoms with Gasteiger partial charge >= 0.3 is 0 Å². The highest BCUT2D eigenvalue weighted by atomic mass is 19.1. The molecule has 0 bridgehead atoms. The van der Waals surface area contributed by atoms with Crippen LogP contribution in [0.4, 0.5) is 13.2 Å². The van der Waals surface area contributed by atoms with Crippen LogP contribution in [0, 0.1) is 23.4 Å². The van der Waals surface area contributed by atoms with Crippen LogP contribution in [0.3, 0.4) is 0 Å². The molecular weight excluding hydrogens is 403 g/mol. The van der Waals surface area contributed by atoms with Crippen molar-refractivity contribution in [3.63, 3.8) is 0 Å². The molecule has 0 radical (unpaired) electrons. The molecule has 31 heavy (non-hydrogen) atoms. The van der Waals surface area contributed by atoms with Gasteiger partial charge in [-0.25, -0.2) is 13.2 Å². The Morgan fingerprint density at radius 3 is 2.55 bits per heavy atom. The third kappa shape index (κ3) is 3.82. The van der Waals surface area contributed by atoms with Gasteiger partial charge in [0.05, 0.1) is 17.3 Å². The van der Waals surface area contributed by atoms with Gasteiger partial charge in [-0.15, -0.1) is 0 Å². The van der Waals surface area contributed by atoms with Gasteiger partial charge in [-0.05, 0) is 85.5 Å². The Labute approximate surface area is 178 Å². The molecule has 1 aliphatic heterocycles. The van der Waals surface area contributed by atoms with E-state index >= 15 is 0 Å². The number of carbonyl (C=O) groups excluding carboxylic acids is 1. The second-order valence-electron chi connectivity index (χ2n) is 8.66. The van der Waals surface area contributed by atoms with Crippen molar-refractivity contribution in [2.24, 2.45) is 5.92 Å². The van der Waals surface area contributed by atoms with Gasteiger partial charge in [-0.1, -0.05) is 0 Å². The first kappa shape index (κ1) is 20.1. The van der Waals surface area contributed by atoms with Gasteiger partial charge in [0.25, 0.3) is 0 Å². The van der Waals surface area contributed by atoms with Crippen LogP contribution in [0.5, 0.6) is 0 Å². The molecule has 2 fully saturated rings. The van der Waals surface area contributed by atoms with Crippen molar-refractivity contribution in [1.29, 1.82) is 0 Å². The zero-order valence-electron chi connectivity index (χ0n) is 17.0. The Hall–Kier alpha value is -2.80. The molecule has 2 heterocycles. The molecule has 1 saturated carbocycles. The molecule has 4 nitrogen and oxygen atoms in total. The molecule has 3 aromatic rings. The topological polar surface area (TPSA) is 56.9 Å². The number of nitrogens with one attached hydrogen (secondary N) is 3. The van der Waals surface area contributed by atoms with E-state index in [0.717, 1.165) is 49.4 Å². The maximum Gasteiger partial charge on any atom is 0.237 e. The van der Waals surface area contributed by atoms with Crippen molar-refractivity contribution < 1.29 is 18.0 Å². The monoisotopic (exact) mass is 427 g/mol. The molecule has 1 atom stereocenters. The smallest absolute Gasteiger partial charge is 0.237 e. The first-order chi connectivity index (χ1) is 15.0. The summed E-state index contributed by atoms with van der Waals surface area (Å²) < 4.78 is 41.9. The second kappa shape index (κ2) is 8.04. The summed E-state index contributed by atoms with van der Waals surface area (Å²) in [5.41, 5.74) is 2.55. The summed E-state index contributed by atoms with van der Waals surface area (Å²) in [6, 6.07) is 8.13. The number of carbonyl (C=O) groups is 1. The minimum Gasteiger partial charge on any atom is -0.354 e. The van der Waals surface area contributed by atoms with Crippen molar-refractivity contribution in [3.8, 4) is 11.3 Å². The number of amides is 1. The normalized spacial score (nSPS) is 23.1. The van der Waals surface area contributed by atoms with Gasteiger partial charge in [-0.2, -0.15) is 0 Å². The van der Waals surface area contributed by atoms with E-state index in [-0.39, 0.29) is 29.2 Å². The van der Waals surface area contributed by atoms with Crippen LogP contribution >= 0.6 is 0 Å². The number of aromatic nitrogens is 1. The molecule has 2 aliphatic rings. The van der Waals surface area contributed by atoms with E-state index in [2.05, 4.69) is 15.6 Å². The molecule has 1 saturated heterocycles. The summed E-state index contributed by atoms with van der Waals surface area (Å²) in [5.74, 6) is -1.14. The Kier molecular flexibility index (Phi) is 5.22. The molecule has 2 aromatic carbocycles. The highest BCUT2D eigenvalue weighted by molar-refractivity contribution is 5.92. The Morgan fingerprint density at radius 1 is 1.06 bits per heavy atom. The summed E-state index contributed by atoms with van der Waals surface area (Å²) >= 11 is 0. The van der Waals surface area contributed by atoms with Gasteiger partial charge in [0, 0.05) is 18.0 Å². The summed E-state index contributed by atoms with van der Waals surface area (Å²) in [7, 11) is 0. The number of hydrogen-bond acceptors (Lipinski definition) is 2.